The molecular formula is C33H40N4O5. The number of hydrogen-bond donors (Lipinski definition) is 2. The van der Waals surface area contributed by atoms with Crippen molar-refractivity contribution in [2.75, 3.05) is 59.6 Å². The van der Waals surface area contributed by atoms with Crippen LogP contribution in [0.5, 0.6) is 5.75 Å². The summed E-state index contributed by atoms with van der Waals surface area (Å²) >= 11 is 0. The smallest absolute Gasteiger partial charge is 0.338 e. The first-order valence-electron chi connectivity index (χ1n) is 14.8. The van der Waals surface area contributed by atoms with Crippen LogP contribution in [0, 0.1) is 0 Å². The van der Waals surface area contributed by atoms with Crippen molar-refractivity contribution in [3.63, 3.8) is 0 Å². The molecule has 9 nitrogen and oxygen atoms in total. The number of nitrogens with one attached hydrogen (secondary N) is 2. The Labute approximate surface area is 245 Å². The molecule has 5 rings (SSSR count). The van der Waals surface area contributed by atoms with Gasteiger partial charge in [0.1, 0.15) is 13.2 Å². The second-order valence-corrected chi connectivity index (χ2v) is 10.4. The van der Waals surface area contributed by atoms with Crippen molar-refractivity contribution in [1.29, 1.82) is 0 Å². The number of methoxy groups -OCH3 is 1. The predicted molar refractivity (Wildman–Crippen MR) is 168 cm³/mol. The maximum atomic E-state index is 12.9. The van der Waals surface area contributed by atoms with Crippen LogP contribution in [0.1, 0.15) is 48.4 Å². The molecule has 2 N–H and O–H groups in total. The van der Waals surface area contributed by atoms with Gasteiger partial charge in [0.25, 0.3) is 0 Å². The highest BCUT2D eigenvalue weighted by molar-refractivity contribution is 6.21. The molecule has 0 saturated carbocycles. The van der Waals surface area contributed by atoms with Gasteiger partial charge in [-0.05, 0) is 68.6 Å². The largest absolute Gasteiger partial charge is 0.492 e. The minimum Gasteiger partial charge on any atom is -0.492 e. The number of nitrogens with zero attached hydrogens (tertiary/aromatic N) is 2. The van der Waals surface area contributed by atoms with Crippen molar-refractivity contribution in [3.8, 4) is 5.75 Å². The van der Waals surface area contributed by atoms with Gasteiger partial charge < -0.3 is 34.0 Å². The van der Waals surface area contributed by atoms with Crippen LogP contribution in [0.3, 0.4) is 0 Å². The third kappa shape index (κ3) is 5.67. The average Bonchev–Trinajstić information content (AvgIpc) is 3.57. The lowest BCUT2D eigenvalue weighted by atomic mass is 10.0. The molecule has 0 spiro atoms. The summed E-state index contributed by atoms with van der Waals surface area (Å²) in [5, 5.41) is 3.62. The first-order chi connectivity index (χ1) is 20.4. The molecule has 2 heterocycles. The fraction of sp³-hybridized carbons (Fsp3) is 0.394. The van der Waals surface area contributed by atoms with Crippen LogP contribution in [-0.2, 0) is 9.47 Å². The van der Waals surface area contributed by atoms with Gasteiger partial charge in [-0.25, -0.2) is 9.59 Å². The molecule has 2 aromatic heterocycles. The second-order valence-electron chi connectivity index (χ2n) is 10.4. The standard InChI is InChI=1S/C33H40N4O5/c1-6-36(7-2)14-16-41-32(38)21-10-12-27-23(18-21)25-20-26-24-19-22(33(39)42-17-15-37(8-3)9-4)11-13-28(24)35-30(26)31(40-5)29(25)34-27/h10-13,18-20,34-35H,6-9,14-17H2,1-5H3. The van der Waals surface area contributed by atoms with Crippen LogP contribution < -0.4 is 4.74 Å². The van der Waals surface area contributed by atoms with Gasteiger partial charge in [0.05, 0.1) is 29.3 Å². The van der Waals surface area contributed by atoms with E-state index < -0.39 is 0 Å². The SMILES string of the molecule is CCN(CC)CCOC(=O)c1ccc2[nH]c3c(OC)c4[nH]c5ccc(C(=O)OCCN(CC)CC)cc5c4cc3c2c1. The summed E-state index contributed by atoms with van der Waals surface area (Å²) in [5.74, 6) is -0.0213. The van der Waals surface area contributed by atoms with Crippen LogP contribution in [0.15, 0.2) is 42.5 Å². The number of aromatic amines is 2. The monoisotopic (exact) mass is 572 g/mol. The number of esters is 2. The Kier molecular flexibility index (Phi) is 8.99. The lowest BCUT2D eigenvalue weighted by molar-refractivity contribution is 0.0458. The summed E-state index contributed by atoms with van der Waals surface area (Å²) in [6, 6.07) is 13.2. The van der Waals surface area contributed by atoms with E-state index in [2.05, 4.69) is 53.5 Å². The molecule has 222 valence electrons. The van der Waals surface area contributed by atoms with Gasteiger partial charge in [0.15, 0.2) is 5.75 Å². The molecule has 0 fully saturated rings. The van der Waals surface area contributed by atoms with Crippen LogP contribution >= 0.6 is 0 Å². The fourth-order valence-electron chi connectivity index (χ4n) is 5.59. The minimum absolute atomic E-state index is 0.344. The van der Waals surface area contributed by atoms with Gasteiger partial charge in [-0.1, -0.05) is 27.7 Å². The van der Waals surface area contributed by atoms with Gasteiger partial charge in [-0.3, -0.25) is 0 Å². The molecule has 0 saturated heterocycles. The van der Waals surface area contributed by atoms with Crippen LogP contribution in [0.25, 0.3) is 43.6 Å². The zero-order chi connectivity index (χ0) is 29.8. The second kappa shape index (κ2) is 12.8. The molecule has 0 radical (unpaired) electrons. The molecule has 42 heavy (non-hydrogen) atoms. The Morgan fingerprint density at radius 2 is 1.07 bits per heavy atom. The predicted octanol–water partition coefficient (Wildman–Crippen LogP) is 5.96. The molecule has 0 aliphatic heterocycles. The van der Waals surface area contributed by atoms with Crippen molar-refractivity contribution < 1.29 is 23.8 Å². The van der Waals surface area contributed by atoms with Crippen LogP contribution in [0.4, 0.5) is 0 Å². The number of benzene rings is 3. The number of carbonyl (C=O) groups excluding carboxylic acids is 2. The molecule has 0 atom stereocenters. The van der Waals surface area contributed by atoms with Gasteiger partial charge in [0.2, 0.25) is 0 Å². The van der Waals surface area contributed by atoms with Crippen molar-refractivity contribution in [2.45, 2.75) is 27.7 Å². The van der Waals surface area contributed by atoms with E-state index in [0.29, 0.717) is 43.2 Å². The van der Waals surface area contributed by atoms with E-state index in [0.717, 1.165) is 69.8 Å². The number of likely N-dealkylation sites (N-methyl/N-ethyl adjacent to an activating group) is 2. The van der Waals surface area contributed by atoms with E-state index in [9.17, 15) is 9.59 Å². The summed E-state index contributed by atoms with van der Waals surface area (Å²) in [7, 11) is 1.64. The zero-order valence-electron chi connectivity index (χ0n) is 25.1. The highest BCUT2D eigenvalue weighted by Crippen LogP contribution is 2.41. The normalized spacial score (nSPS) is 11.9. The molecule has 0 aliphatic rings. The molecule has 3 aromatic carbocycles. The Hall–Kier alpha value is -4.08. The Balaban J connectivity index is 1.49. The molecule has 9 heteroatoms. The van der Waals surface area contributed by atoms with E-state index in [1.165, 1.54) is 0 Å². The minimum atomic E-state index is -0.345. The van der Waals surface area contributed by atoms with Crippen molar-refractivity contribution in [3.05, 3.63) is 53.6 Å². The average molecular weight is 573 g/mol. The molecule has 0 bridgehead atoms. The van der Waals surface area contributed by atoms with E-state index in [1.54, 1.807) is 19.2 Å². The van der Waals surface area contributed by atoms with Gasteiger partial charge in [0, 0.05) is 45.7 Å². The number of H-pyrrole nitrogens is 2. The summed E-state index contributed by atoms with van der Waals surface area (Å²) in [5.41, 5.74) is 4.42. The number of aromatic nitrogens is 2. The Morgan fingerprint density at radius 3 is 1.45 bits per heavy atom. The summed E-state index contributed by atoms with van der Waals surface area (Å²) in [4.78, 5) is 37.1. The third-order valence-electron chi connectivity index (χ3n) is 8.17. The van der Waals surface area contributed by atoms with E-state index in [1.807, 2.05) is 24.3 Å². The Morgan fingerprint density at radius 1 is 0.643 bits per heavy atom. The molecular weight excluding hydrogens is 532 g/mol. The van der Waals surface area contributed by atoms with E-state index >= 15 is 0 Å². The third-order valence-corrected chi connectivity index (χ3v) is 8.17. The van der Waals surface area contributed by atoms with Gasteiger partial charge >= 0.3 is 11.9 Å². The van der Waals surface area contributed by atoms with Crippen LogP contribution in [-0.4, -0.2) is 91.3 Å². The summed E-state index contributed by atoms with van der Waals surface area (Å²) in [6.07, 6.45) is 0. The molecule has 5 aromatic rings. The van der Waals surface area contributed by atoms with Crippen molar-refractivity contribution in [1.82, 2.24) is 19.8 Å². The number of rotatable bonds is 13. The lowest BCUT2D eigenvalue weighted by Gasteiger charge is -2.17. The highest BCUT2D eigenvalue weighted by Gasteiger charge is 2.19. The first kappa shape index (κ1) is 29.4. The van der Waals surface area contributed by atoms with Crippen molar-refractivity contribution in [2.24, 2.45) is 0 Å². The number of fused-ring (bicyclic) bond motifs is 6. The topological polar surface area (TPSA) is 99.9 Å². The number of ether oxygens (including phenoxy) is 3. The van der Waals surface area contributed by atoms with E-state index in [-0.39, 0.29) is 11.9 Å². The highest BCUT2D eigenvalue weighted by atomic mass is 16.5. The summed E-state index contributed by atoms with van der Waals surface area (Å²) < 4.78 is 17.1. The molecule has 0 amide bonds. The maximum absolute atomic E-state index is 12.9. The number of hydrogen-bond acceptors (Lipinski definition) is 7. The zero-order valence-corrected chi connectivity index (χ0v) is 25.1. The van der Waals surface area contributed by atoms with E-state index in [4.69, 9.17) is 14.2 Å². The van der Waals surface area contributed by atoms with Gasteiger partial charge in [-0.15, -0.1) is 0 Å². The summed E-state index contributed by atoms with van der Waals surface area (Å²) in [6.45, 7) is 14.1. The number of carbonyl (C=O) groups is 2. The first-order valence-corrected chi connectivity index (χ1v) is 14.8. The van der Waals surface area contributed by atoms with Gasteiger partial charge in [-0.2, -0.15) is 0 Å². The quantitative estimate of drug-likeness (QED) is 0.168. The maximum Gasteiger partial charge on any atom is 0.338 e. The van der Waals surface area contributed by atoms with Crippen molar-refractivity contribution >= 4 is 55.6 Å². The fourth-order valence-corrected chi connectivity index (χ4v) is 5.59. The Bertz CT molecular complexity index is 1610. The van der Waals surface area contributed by atoms with Crippen LogP contribution in [0.2, 0.25) is 0 Å². The molecule has 0 unspecified atom stereocenters. The lowest BCUT2D eigenvalue weighted by Crippen LogP contribution is -2.27. The molecule has 0 aliphatic carbocycles.